The van der Waals surface area contributed by atoms with Crippen LogP contribution in [0.15, 0.2) is 22.1 Å². The lowest BCUT2D eigenvalue weighted by molar-refractivity contribution is -0.122. The number of amides is 1. The van der Waals surface area contributed by atoms with Crippen LogP contribution in [0.4, 0.5) is 0 Å². The number of carbonyl (C=O) groups is 1. The number of ether oxygens (including phenoxy) is 1. The summed E-state index contributed by atoms with van der Waals surface area (Å²) in [5, 5.41) is 1.83. The molecule has 1 fully saturated rings. The molecule has 4 rings (SSSR count). The fraction of sp³-hybridized carbons (Fsp3) is 0.438. The first-order chi connectivity index (χ1) is 10.2. The van der Waals surface area contributed by atoms with Crippen LogP contribution in [0.2, 0.25) is 0 Å². The topological polar surface area (TPSA) is 77.0 Å². The monoisotopic (exact) mass is 283 g/mol. The molecular weight excluding hydrogens is 266 g/mol. The van der Waals surface area contributed by atoms with Crippen LogP contribution in [0.25, 0.3) is 6.08 Å². The van der Waals surface area contributed by atoms with Crippen molar-refractivity contribution in [3.8, 4) is 5.75 Å². The van der Waals surface area contributed by atoms with Gasteiger partial charge in [0.25, 0.3) is 5.91 Å². The van der Waals surface area contributed by atoms with E-state index in [4.69, 9.17) is 15.5 Å². The molecule has 21 heavy (non-hydrogen) atoms. The van der Waals surface area contributed by atoms with E-state index >= 15 is 0 Å². The van der Waals surface area contributed by atoms with Gasteiger partial charge in [-0.1, -0.05) is 19.3 Å². The number of benzene rings is 1. The van der Waals surface area contributed by atoms with Crippen LogP contribution in [0.3, 0.4) is 0 Å². The van der Waals surface area contributed by atoms with E-state index in [2.05, 4.69) is 4.99 Å². The lowest BCUT2D eigenvalue weighted by atomic mass is 9.76. The fourth-order valence-electron chi connectivity index (χ4n) is 3.65. The average molecular weight is 283 g/mol. The van der Waals surface area contributed by atoms with Crippen LogP contribution in [0.5, 0.6) is 5.75 Å². The first kappa shape index (κ1) is 12.6. The van der Waals surface area contributed by atoms with Gasteiger partial charge in [0.05, 0.1) is 10.9 Å². The molecule has 1 spiro atoms. The largest absolute Gasteiger partial charge is 0.475 e. The van der Waals surface area contributed by atoms with Crippen molar-refractivity contribution in [2.45, 2.75) is 43.7 Å². The minimum Gasteiger partial charge on any atom is -0.475 e. The maximum atomic E-state index is 11.4. The molecule has 3 aliphatic rings. The highest BCUT2D eigenvalue weighted by atomic mass is 16.5. The number of hydrogen-bond acceptors (Lipinski definition) is 4. The Morgan fingerprint density at radius 2 is 2.10 bits per heavy atom. The van der Waals surface area contributed by atoms with E-state index in [0.717, 1.165) is 47.6 Å². The number of fused-ring (bicyclic) bond motifs is 4. The summed E-state index contributed by atoms with van der Waals surface area (Å²) in [6.07, 6.45) is 8.35. The number of nitrogens with zero attached hydrogens (tertiary/aromatic N) is 2. The summed E-state index contributed by atoms with van der Waals surface area (Å²) < 4.78 is 5.83. The highest BCUT2D eigenvalue weighted by molar-refractivity contribution is 5.87. The Balaban J connectivity index is 1.91. The Hall–Kier alpha value is -2.17. The molecular formula is C16H17N3O2. The lowest BCUT2D eigenvalue weighted by Crippen LogP contribution is -2.37. The molecule has 5 heteroatoms. The van der Waals surface area contributed by atoms with Crippen molar-refractivity contribution in [2.24, 2.45) is 15.7 Å². The van der Waals surface area contributed by atoms with Gasteiger partial charge < -0.3 is 10.5 Å². The molecule has 0 bridgehead atoms. The molecule has 0 radical (unpaired) electrons. The second-order valence-electron chi connectivity index (χ2n) is 5.95. The van der Waals surface area contributed by atoms with E-state index in [-0.39, 0.29) is 5.54 Å². The summed E-state index contributed by atoms with van der Waals surface area (Å²) in [6.45, 7) is 0. The molecule has 108 valence electrons. The van der Waals surface area contributed by atoms with Gasteiger partial charge in [0.15, 0.2) is 6.10 Å². The Morgan fingerprint density at radius 3 is 2.86 bits per heavy atom. The fourth-order valence-corrected chi connectivity index (χ4v) is 3.65. The summed E-state index contributed by atoms with van der Waals surface area (Å²) in [5.41, 5.74) is 6.18. The average Bonchev–Trinajstić information content (AvgIpc) is 2.92. The number of aliphatic imine (C=N–C) groups is 1. The molecule has 5 nitrogen and oxygen atoms in total. The van der Waals surface area contributed by atoms with Crippen molar-refractivity contribution in [1.29, 1.82) is 0 Å². The molecule has 1 unspecified atom stereocenters. The van der Waals surface area contributed by atoms with E-state index in [1.165, 1.54) is 6.42 Å². The molecule has 1 amide bonds. The van der Waals surface area contributed by atoms with Crippen molar-refractivity contribution in [3.05, 3.63) is 28.3 Å². The SMILES string of the molecule is NC(=O)C1C=c2ccc3c(c2O1)C1(CCCCC1)N=CN=3. The molecule has 1 aromatic rings. The van der Waals surface area contributed by atoms with Crippen LogP contribution in [-0.4, -0.2) is 18.3 Å². The molecule has 2 N–H and O–H groups in total. The van der Waals surface area contributed by atoms with Crippen molar-refractivity contribution in [1.82, 2.24) is 0 Å². The Kier molecular flexibility index (Phi) is 2.64. The third kappa shape index (κ3) is 1.80. The molecule has 0 saturated heterocycles. The van der Waals surface area contributed by atoms with Crippen LogP contribution in [0.1, 0.15) is 37.7 Å². The van der Waals surface area contributed by atoms with E-state index in [1.807, 2.05) is 12.1 Å². The van der Waals surface area contributed by atoms with Crippen LogP contribution < -0.4 is 21.0 Å². The molecule has 0 aromatic heterocycles. The second-order valence-corrected chi connectivity index (χ2v) is 5.95. The third-order valence-electron chi connectivity index (χ3n) is 4.67. The summed E-state index contributed by atoms with van der Waals surface area (Å²) in [5.74, 6) is 0.285. The Bertz CT molecular complexity index is 760. The smallest absolute Gasteiger partial charge is 0.262 e. The summed E-state index contributed by atoms with van der Waals surface area (Å²) in [6, 6.07) is 3.93. The number of carbonyl (C=O) groups excluding carboxylic acids is 1. The first-order valence-electron chi connectivity index (χ1n) is 7.42. The molecule has 1 aromatic carbocycles. The van der Waals surface area contributed by atoms with Gasteiger partial charge >= 0.3 is 0 Å². The first-order valence-corrected chi connectivity index (χ1v) is 7.42. The minimum absolute atomic E-state index is 0.235. The summed E-state index contributed by atoms with van der Waals surface area (Å²) in [4.78, 5) is 20.5. The summed E-state index contributed by atoms with van der Waals surface area (Å²) in [7, 11) is 0. The molecule has 2 heterocycles. The van der Waals surface area contributed by atoms with Crippen LogP contribution in [0, 0.1) is 0 Å². The van der Waals surface area contributed by atoms with Gasteiger partial charge in [0.2, 0.25) is 0 Å². The highest BCUT2D eigenvalue weighted by Gasteiger charge is 2.40. The van der Waals surface area contributed by atoms with Gasteiger partial charge in [0, 0.05) is 10.8 Å². The van der Waals surface area contributed by atoms with Gasteiger partial charge in [-0.25, -0.2) is 4.99 Å². The molecule has 1 saturated carbocycles. The van der Waals surface area contributed by atoms with Gasteiger partial charge in [-0.3, -0.25) is 9.79 Å². The van der Waals surface area contributed by atoms with Gasteiger partial charge in [-0.2, -0.15) is 0 Å². The predicted octanol–water partition coefficient (Wildman–Crippen LogP) is 0.534. The van der Waals surface area contributed by atoms with E-state index in [9.17, 15) is 4.79 Å². The van der Waals surface area contributed by atoms with E-state index in [1.54, 1.807) is 12.4 Å². The van der Waals surface area contributed by atoms with Crippen molar-refractivity contribution >= 4 is 18.3 Å². The van der Waals surface area contributed by atoms with Crippen LogP contribution >= 0.6 is 0 Å². The number of rotatable bonds is 1. The molecule has 1 atom stereocenters. The van der Waals surface area contributed by atoms with E-state index in [0.29, 0.717) is 0 Å². The number of hydrogen-bond donors (Lipinski definition) is 1. The number of nitrogens with two attached hydrogens (primary N) is 1. The zero-order chi connectivity index (χ0) is 14.4. The summed E-state index contributed by atoms with van der Waals surface area (Å²) >= 11 is 0. The Morgan fingerprint density at radius 1 is 1.29 bits per heavy atom. The molecule has 1 aliphatic carbocycles. The normalized spacial score (nSPS) is 24.5. The van der Waals surface area contributed by atoms with Gasteiger partial charge in [-0.05, 0) is 31.1 Å². The predicted molar refractivity (Wildman–Crippen MR) is 78.6 cm³/mol. The maximum absolute atomic E-state index is 11.4. The van der Waals surface area contributed by atoms with Crippen molar-refractivity contribution in [3.63, 3.8) is 0 Å². The van der Waals surface area contributed by atoms with Gasteiger partial charge in [0.1, 0.15) is 12.1 Å². The Labute approximate surface area is 122 Å². The van der Waals surface area contributed by atoms with Crippen LogP contribution in [-0.2, 0) is 10.3 Å². The van der Waals surface area contributed by atoms with Crippen molar-refractivity contribution in [2.75, 3.05) is 0 Å². The van der Waals surface area contributed by atoms with Crippen molar-refractivity contribution < 1.29 is 9.53 Å². The third-order valence-corrected chi connectivity index (χ3v) is 4.67. The zero-order valence-corrected chi connectivity index (χ0v) is 11.7. The quantitative estimate of drug-likeness (QED) is 0.816. The minimum atomic E-state index is -0.682. The van der Waals surface area contributed by atoms with Gasteiger partial charge in [-0.15, -0.1) is 0 Å². The second kappa shape index (κ2) is 4.41. The standard InChI is InChI=1S/C16H17N3O2/c17-15(20)12-8-10-4-5-11-13(14(10)21-12)16(19-9-18-11)6-2-1-3-7-16/h4-5,8-9,12H,1-3,6-7H2,(H2,17,20). The highest BCUT2D eigenvalue weighted by Crippen LogP contribution is 2.43. The number of primary amides is 1. The van der Waals surface area contributed by atoms with E-state index < -0.39 is 12.0 Å². The molecule has 2 aliphatic heterocycles. The maximum Gasteiger partial charge on any atom is 0.262 e. The zero-order valence-electron chi connectivity index (χ0n) is 11.7. The lowest BCUT2D eigenvalue weighted by Gasteiger charge is -2.36.